The first kappa shape index (κ1) is 24.2. The maximum atomic E-state index is 13.3. The highest BCUT2D eigenvalue weighted by Crippen LogP contribution is 2.35. The van der Waals surface area contributed by atoms with Crippen molar-refractivity contribution in [2.45, 2.75) is 58.0 Å². The number of fused-ring (bicyclic) bond motifs is 1. The molecule has 1 aliphatic carbocycles. The number of ether oxygens (including phenoxy) is 3. The third kappa shape index (κ3) is 4.69. The average Bonchev–Trinajstić information content (AvgIpc) is 2.83. The first-order valence-electron chi connectivity index (χ1n) is 11.0. The lowest BCUT2D eigenvalue weighted by Gasteiger charge is -2.40. The van der Waals surface area contributed by atoms with Crippen molar-refractivity contribution < 1.29 is 33.4 Å². The number of rotatable bonds is 5. The first-order chi connectivity index (χ1) is 15.8. The molecule has 0 bridgehead atoms. The quantitative estimate of drug-likeness (QED) is 0.347. The maximum absolute atomic E-state index is 13.3. The van der Waals surface area contributed by atoms with E-state index in [4.69, 9.17) is 14.2 Å². The summed E-state index contributed by atoms with van der Waals surface area (Å²) in [6.07, 6.45) is 9.05. The molecule has 0 aromatic heterocycles. The Kier molecular flexibility index (Phi) is 7.67. The number of carbonyl (C=O) groups is 4. The molecule has 0 aromatic rings. The molecule has 3 rings (SSSR count). The van der Waals surface area contributed by atoms with Gasteiger partial charge < -0.3 is 19.1 Å². The molecule has 0 radical (unpaired) electrons. The molecule has 2 heterocycles. The van der Waals surface area contributed by atoms with Gasteiger partial charge in [-0.25, -0.2) is 19.4 Å². The van der Waals surface area contributed by atoms with Crippen LogP contribution in [0.4, 0.5) is 0 Å². The van der Waals surface area contributed by atoms with Crippen molar-refractivity contribution in [3.05, 3.63) is 35.3 Å². The molecule has 1 unspecified atom stereocenters. The zero-order chi connectivity index (χ0) is 24.1. The second-order valence-electron chi connectivity index (χ2n) is 7.88. The number of hydrogen-bond donors (Lipinski definition) is 0. The van der Waals surface area contributed by atoms with Gasteiger partial charge in [-0.05, 0) is 38.3 Å². The number of amides is 1. The standard InChI is InChI=1S/C23H29N3O7/c1-5-33-23(30)20(27)26(15-11-7-6-8-12-15)19-16(21(28)31-3)17(22(29)32-4)25-13-9-10-14(2)18(25)24-19/h9-10,13,15,17H,5-8,11-12H2,1-4H3. The number of methoxy groups -OCH3 is 2. The van der Waals surface area contributed by atoms with Gasteiger partial charge in [0.2, 0.25) is 0 Å². The summed E-state index contributed by atoms with van der Waals surface area (Å²) in [6, 6.07) is -1.63. The van der Waals surface area contributed by atoms with E-state index in [1.54, 1.807) is 32.2 Å². The third-order valence-electron chi connectivity index (χ3n) is 5.86. The minimum Gasteiger partial charge on any atom is -0.467 e. The highest BCUT2D eigenvalue weighted by molar-refractivity contribution is 6.33. The van der Waals surface area contributed by atoms with E-state index in [0.29, 0.717) is 24.3 Å². The molecule has 0 N–H and O–H groups in total. The van der Waals surface area contributed by atoms with E-state index in [1.807, 2.05) is 0 Å². The highest BCUT2D eigenvalue weighted by atomic mass is 16.5. The van der Waals surface area contributed by atoms with Crippen molar-refractivity contribution in [2.24, 2.45) is 4.99 Å². The van der Waals surface area contributed by atoms with Crippen LogP contribution in [0.25, 0.3) is 0 Å². The fourth-order valence-electron chi connectivity index (χ4n) is 4.31. The molecule has 178 valence electrons. The van der Waals surface area contributed by atoms with E-state index in [2.05, 4.69) is 4.99 Å². The minimum atomic E-state index is -1.24. The molecule has 33 heavy (non-hydrogen) atoms. The van der Waals surface area contributed by atoms with Gasteiger partial charge in [0, 0.05) is 12.2 Å². The Morgan fingerprint density at radius 2 is 1.82 bits per heavy atom. The smallest absolute Gasteiger partial charge is 0.397 e. The second-order valence-corrected chi connectivity index (χ2v) is 7.88. The fraction of sp³-hybridized carbons (Fsp3) is 0.522. The monoisotopic (exact) mass is 459 g/mol. The van der Waals surface area contributed by atoms with Crippen LogP contribution in [-0.2, 0) is 33.4 Å². The predicted octanol–water partition coefficient (Wildman–Crippen LogP) is 1.82. The summed E-state index contributed by atoms with van der Waals surface area (Å²) in [4.78, 5) is 59.1. The number of allylic oxidation sites excluding steroid dienone is 2. The van der Waals surface area contributed by atoms with E-state index >= 15 is 0 Å². The summed E-state index contributed by atoms with van der Waals surface area (Å²) >= 11 is 0. The van der Waals surface area contributed by atoms with Gasteiger partial charge in [0.15, 0.2) is 11.9 Å². The Balaban J connectivity index is 2.27. The van der Waals surface area contributed by atoms with E-state index < -0.39 is 29.9 Å². The van der Waals surface area contributed by atoms with Crippen LogP contribution >= 0.6 is 0 Å². The van der Waals surface area contributed by atoms with Crippen molar-refractivity contribution >= 4 is 29.7 Å². The largest absolute Gasteiger partial charge is 0.467 e. The zero-order valence-corrected chi connectivity index (χ0v) is 19.3. The van der Waals surface area contributed by atoms with E-state index in [1.165, 1.54) is 24.0 Å². The first-order valence-corrected chi connectivity index (χ1v) is 11.0. The molecular weight excluding hydrogens is 430 g/mol. The van der Waals surface area contributed by atoms with Crippen molar-refractivity contribution in [1.29, 1.82) is 0 Å². The van der Waals surface area contributed by atoms with Crippen LogP contribution in [0.1, 0.15) is 46.0 Å². The Morgan fingerprint density at radius 1 is 1.12 bits per heavy atom. The number of esters is 3. The zero-order valence-electron chi connectivity index (χ0n) is 19.3. The number of nitrogens with zero attached hydrogens (tertiary/aromatic N) is 3. The average molecular weight is 459 g/mol. The molecule has 1 atom stereocenters. The molecule has 0 spiro atoms. The van der Waals surface area contributed by atoms with Gasteiger partial charge in [0.25, 0.3) is 0 Å². The van der Waals surface area contributed by atoms with Crippen molar-refractivity contribution in [3.63, 3.8) is 0 Å². The van der Waals surface area contributed by atoms with Gasteiger partial charge in [0.1, 0.15) is 11.4 Å². The van der Waals surface area contributed by atoms with Crippen LogP contribution in [0, 0.1) is 0 Å². The summed E-state index contributed by atoms with van der Waals surface area (Å²) in [5, 5.41) is 0. The summed E-state index contributed by atoms with van der Waals surface area (Å²) in [5.41, 5.74) is 0.538. The van der Waals surface area contributed by atoms with Crippen LogP contribution in [0.15, 0.2) is 40.3 Å². The summed E-state index contributed by atoms with van der Waals surface area (Å²) in [7, 11) is 2.39. The summed E-state index contributed by atoms with van der Waals surface area (Å²) in [5.74, 6) is -3.28. The van der Waals surface area contributed by atoms with Gasteiger partial charge in [-0.1, -0.05) is 25.3 Å². The fourth-order valence-corrected chi connectivity index (χ4v) is 4.31. The minimum absolute atomic E-state index is 0.0196. The Morgan fingerprint density at radius 3 is 2.42 bits per heavy atom. The molecule has 10 heteroatoms. The van der Waals surface area contributed by atoms with Gasteiger partial charge in [-0.15, -0.1) is 0 Å². The Bertz CT molecular complexity index is 957. The lowest BCUT2D eigenvalue weighted by molar-refractivity contribution is -0.160. The predicted molar refractivity (Wildman–Crippen MR) is 117 cm³/mol. The topological polar surface area (TPSA) is 115 Å². The van der Waals surface area contributed by atoms with E-state index in [0.717, 1.165) is 19.3 Å². The van der Waals surface area contributed by atoms with E-state index in [9.17, 15) is 19.2 Å². The molecule has 1 amide bonds. The number of carbonyl (C=O) groups excluding carboxylic acids is 4. The molecule has 1 fully saturated rings. The van der Waals surface area contributed by atoms with Gasteiger partial charge >= 0.3 is 23.8 Å². The summed E-state index contributed by atoms with van der Waals surface area (Å²) in [6.45, 7) is 3.41. The molecule has 3 aliphatic rings. The maximum Gasteiger partial charge on any atom is 0.397 e. The van der Waals surface area contributed by atoms with Crippen molar-refractivity contribution in [3.8, 4) is 0 Å². The van der Waals surface area contributed by atoms with Gasteiger partial charge in [0.05, 0.1) is 20.8 Å². The molecule has 0 aromatic carbocycles. The summed E-state index contributed by atoms with van der Waals surface area (Å²) < 4.78 is 14.9. The van der Waals surface area contributed by atoms with Crippen LogP contribution in [0.3, 0.4) is 0 Å². The van der Waals surface area contributed by atoms with Gasteiger partial charge in [-0.2, -0.15) is 0 Å². The lowest BCUT2D eigenvalue weighted by atomic mass is 9.92. The van der Waals surface area contributed by atoms with Crippen LogP contribution in [0.5, 0.6) is 0 Å². The number of amidine groups is 1. The highest BCUT2D eigenvalue weighted by Gasteiger charge is 2.46. The number of hydrogen-bond acceptors (Lipinski definition) is 9. The van der Waals surface area contributed by atoms with Crippen LogP contribution < -0.4 is 0 Å². The van der Waals surface area contributed by atoms with E-state index in [-0.39, 0.29) is 24.0 Å². The van der Waals surface area contributed by atoms with Crippen molar-refractivity contribution in [2.75, 3.05) is 20.8 Å². The lowest BCUT2D eigenvalue weighted by Crippen LogP contribution is -2.53. The molecule has 1 saturated carbocycles. The SMILES string of the molecule is CCOC(=O)C(=O)N(C1=C(C(=O)OC)C(C(=O)OC)N2C=CC=C(C)C2=N1)C1CCCCC1. The Hall–Kier alpha value is -3.43. The van der Waals surface area contributed by atoms with Crippen LogP contribution in [-0.4, -0.2) is 72.4 Å². The Labute approximate surface area is 192 Å². The van der Waals surface area contributed by atoms with Crippen LogP contribution in [0.2, 0.25) is 0 Å². The molecule has 2 aliphatic heterocycles. The number of aliphatic imine (C=N–C) groups is 1. The normalized spacial score (nSPS) is 20.4. The van der Waals surface area contributed by atoms with Crippen molar-refractivity contribution in [1.82, 2.24) is 9.80 Å². The molecule has 0 saturated heterocycles. The van der Waals surface area contributed by atoms with Gasteiger partial charge in [-0.3, -0.25) is 9.69 Å². The second kappa shape index (κ2) is 10.5. The molecule has 10 nitrogen and oxygen atoms in total. The third-order valence-corrected chi connectivity index (χ3v) is 5.86. The molecular formula is C23H29N3O7.